The molecule has 1 atom stereocenters. The molecule has 2 rings (SSSR count). The fraction of sp³-hybridized carbons (Fsp3) is 0.538. The summed E-state index contributed by atoms with van der Waals surface area (Å²) in [5.74, 6) is 0.823. The molecule has 1 aromatic carbocycles. The SMILES string of the molecule is CCNC(c1cc2c(cc1Br)OCCCO2)C(F)(F)F. The van der Waals surface area contributed by atoms with E-state index >= 15 is 0 Å². The number of halogens is 4. The lowest BCUT2D eigenvalue weighted by Gasteiger charge is -2.23. The Morgan fingerprint density at radius 2 is 1.85 bits per heavy atom. The summed E-state index contributed by atoms with van der Waals surface area (Å²) in [5.41, 5.74) is 0.101. The van der Waals surface area contributed by atoms with Crippen LogP contribution >= 0.6 is 15.9 Å². The quantitative estimate of drug-likeness (QED) is 0.895. The minimum Gasteiger partial charge on any atom is -0.490 e. The predicted molar refractivity (Wildman–Crippen MR) is 72.2 cm³/mol. The van der Waals surface area contributed by atoms with Crippen molar-refractivity contribution in [3.63, 3.8) is 0 Å². The fourth-order valence-electron chi connectivity index (χ4n) is 2.03. The van der Waals surface area contributed by atoms with E-state index in [4.69, 9.17) is 9.47 Å². The van der Waals surface area contributed by atoms with E-state index in [9.17, 15) is 13.2 Å². The van der Waals surface area contributed by atoms with Gasteiger partial charge in [0.15, 0.2) is 11.5 Å². The van der Waals surface area contributed by atoms with E-state index in [1.807, 2.05) is 0 Å². The molecule has 0 radical (unpaired) electrons. The molecule has 112 valence electrons. The van der Waals surface area contributed by atoms with E-state index in [0.29, 0.717) is 35.6 Å². The summed E-state index contributed by atoms with van der Waals surface area (Å²) in [6.07, 6.45) is -3.67. The van der Waals surface area contributed by atoms with Crippen molar-refractivity contribution >= 4 is 15.9 Å². The van der Waals surface area contributed by atoms with Crippen LogP contribution in [-0.4, -0.2) is 25.9 Å². The first-order valence-corrected chi connectivity index (χ1v) is 7.12. The smallest absolute Gasteiger partial charge is 0.407 e. The van der Waals surface area contributed by atoms with Gasteiger partial charge in [0.1, 0.15) is 6.04 Å². The second-order valence-electron chi connectivity index (χ2n) is 4.40. The van der Waals surface area contributed by atoms with Gasteiger partial charge in [-0.05, 0) is 24.2 Å². The van der Waals surface area contributed by atoms with Crippen molar-refractivity contribution < 1.29 is 22.6 Å². The van der Waals surface area contributed by atoms with Crippen LogP contribution in [0.5, 0.6) is 11.5 Å². The van der Waals surface area contributed by atoms with Crippen LogP contribution in [0.3, 0.4) is 0 Å². The number of nitrogens with one attached hydrogen (secondary N) is 1. The molecule has 1 aliphatic heterocycles. The molecule has 0 fully saturated rings. The average Bonchev–Trinajstić information content (AvgIpc) is 2.58. The van der Waals surface area contributed by atoms with Crippen molar-refractivity contribution in [2.75, 3.05) is 19.8 Å². The van der Waals surface area contributed by atoms with Gasteiger partial charge in [0.05, 0.1) is 13.2 Å². The first kappa shape index (κ1) is 15.4. The number of ether oxygens (including phenoxy) is 2. The highest BCUT2D eigenvalue weighted by molar-refractivity contribution is 9.10. The maximum Gasteiger partial charge on any atom is 0.407 e. The zero-order valence-corrected chi connectivity index (χ0v) is 12.5. The van der Waals surface area contributed by atoms with Crippen LogP contribution in [-0.2, 0) is 0 Å². The second-order valence-corrected chi connectivity index (χ2v) is 5.26. The van der Waals surface area contributed by atoms with Gasteiger partial charge in [0.25, 0.3) is 0 Å². The number of fused-ring (bicyclic) bond motifs is 1. The number of alkyl halides is 3. The van der Waals surface area contributed by atoms with Gasteiger partial charge in [-0.25, -0.2) is 0 Å². The molecule has 0 aromatic heterocycles. The van der Waals surface area contributed by atoms with Crippen LogP contribution in [0.4, 0.5) is 13.2 Å². The Labute approximate surface area is 123 Å². The lowest BCUT2D eigenvalue weighted by Crippen LogP contribution is -2.34. The van der Waals surface area contributed by atoms with Gasteiger partial charge in [-0.3, -0.25) is 0 Å². The average molecular weight is 354 g/mol. The van der Waals surface area contributed by atoms with Crippen LogP contribution in [0.2, 0.25) is 0 Å². The normalized spacial score (nSPS) is 16.6. The minimum absolute atomic E-state index is 0.101. The third-order valence-electron chi connectivity index (χ3n) is 2.91. The van der Waals surface area contributed by atoms with Gasteiger partial charge < -0.3 is 14.8 Å². The van der Waals surface area contributed by atoms with E-state index in [1.54, 1.807) is 6.92 Å². The minimum atomic E-state index is -4.38. The van der Waals surface area contributed by atoms with E-state index < -0.39 is 12.2 Å². The molecule has 1 N–H and O–H groups in total. The Balaban J connectivity index is 2.42. The Bertz CT molecular complexity index is 479. The molecule has 1 unspecified atom stereocenters. The molecule has 1 aromatic rings. The molecular weight excluding hydrogens is 339 g/mol. The Hall–Kier alpha value is -0.950. The summed E-state index contributed by atoms with van der Waals surface area (Å²) in [6, 6.07) is 1.19. The summed E-state index contributed by atoms with van der Waals surface area (Å²) >= 11 is 3.19. The van der Waals surface area contributed by atoms with Crippen molar-refractivity contribution in [1.82, 2.24) is 5.32 Å². The summed E-state index contributed by atoms with van der Waals surface area (Å²) in [5, 5.41) is 2.45. The molecule has 0 bridgehead atoms. The molecule has 20 heavy (non-hydrogen) atoms. The molecule has 1 heterocycles. The standard InChI is InChI=1S/C13H15BrF3NO2/c1-2-18-12(13(15,16)17)8-6-10-11(7-9(8)14)20-5-3-4-19-10/h6-7,12,18H,2-5H2,1H3. The van der Waals surface area contributed by atoms with Gasteiger partial charge in [0, 0.05) is 10.9 Å². The van der Waals surface area contributed by atoms with Crippen molar-refractivity contribution in [2.24, 2.45) is 0 Å². The van der Waals surface area contributed by atoms with Gasteiger partial charge >= 0.3 is 6.18 Å². The van der Waals surface area contributed by atoms with Crippen LogP contribution in [0.1, 0.15) is 24.9 Å². The third-order valence-corrected chi connectivity index (χ3v) is 3.60. The Morgan fingerprint density at radius 3 is 2.40 bits per heavy atom. The largest absolute Gasteiger partial charge is 0.490 e. The maximum atomic E-state index is 13.1. The molecule has 0 aliphatic carbocycles. The van der Waals surface area contributed by atoms with Gasteiger partial charge in [-0.15, -0.1) is 0 Å². The molecule has 0 saturated carbocycles. The predicted octanol–water partition coefficient (Wildman–Crippen LogP) is 3.82. The lowest BCUT2D eigenvalue weighted by atomic mass is 10.1. The first-order valence-electron chi connectivity index (χ1n) is 6.32. The van der Waals surface area contributed by atoms with E-state index in [1.165, 1.54) is 12.1 Å². The van der Waals surface area contributed by atoms with Crippen LogP contribution in [0.15, 0.2) is 16.6 Å². The second kappa shape index (κ2) is 6.22. The van der Waals surface area contributed by atoms with Crippen molar-refractivity contribution in [3.8, 4) is 11.5 Å². The summed E-state index contributed by atoms with van der Waals surface area (Å²) < 4.78 is 50.6. The van der Waals surface area contributed by atoms with E-state index in [-0.39, 0.29) is 12.1 Å². The zero-order valence-electron chi connectivity index (χ0n) is 10.9. The summed E-state index contributed by atoms with van der Waals surface area (Å²) in [4.78, 5) is 0. The number of hydrogen-bond acceptors (Lipinski definition) is 3. The molecular formula is C13H15BrF3NO2. The van der Waals surface area contributed by atoms with Crippen LogP contribution < -0.4 is 14.8 Å². The monoisotopic (exact) mass is 353 g/mol. The lowest BCUT2D eigenvalue weighted by molar-refractivity contribution is -0.157. The molecule has 0 amide bonds. The topological polar surface area (TPSA) is 30.5 Å². The van der Waals surface area contributed by atoms with Gasteiger partial charge in [0.2, 0.25) is 0 Å². The molecule has 7 heteroatoms. The summed E-state index contributed by atoms with van der Waals surface area (Å²) in [7, 11) is 0. The maximum absolute atomic E-state index is 13.1. The molecule has 1 aliphatic rings. The van der Waals surface area contributed by atoms with Gasteiger partial charge in [-0.1, -0.05) is 22.9 Å². The number of hydrogen-bond donors (Lipinski definition) is 1. The Kier molecular flexibility index (Phi) is 4.80. The van der Waals surface area contributed by atoms with Crippen molar-refractivity contribution in [1.29, 1.82) is 0 Å². The highest BCUT2D eigenvalue weighted by Gasteiger charge is 2.41. The van der Waals surface area contributed by atoms with E-state index in [0.717, 1.165) is 0 Å². The number of benzene rings is 1. The van der Waals surface area contributed by atoms with Crippen LogP contribution in [0, 0.1) is 0 Å². The van der Waals surface area contributed by atoms with Crippen LogP contribution in [0.25, 0.3) is 0 Å². The molecule has 0 spiro atoms. The van der Waals surface area contributed by atoms with Crippen molar-refractivity contribution in [2.45, 2.75) is 25.6 Å². The highest BCUT2D eigenvalue weighted by Crippen LogP contribution is 2.42. The summed E-state index contributed by atoms with van der Waals surface area (Å²) in [6.45, 7) is 2.78. The highest BCUT2D eigenvalue weighted by atomic mass is 79.9. The first-order chi connectivity index (χ1) is 9.43. The molecule has 3 nitrogen and oxygen atoms in total. The molecule has 0 saturated heterocycles. The van der Waals surface area contributed by atoms with Gasteiger partial charge in [-0.2, -0.15) is 13.2 Å². The van der Waals surface area contributed by atoms with E-state index in [2.05, 4.69) is 21.2 Å². The zero-order chi connectivity index (χ0) is 14.8. The fourth-order valence-corrected chi connectivity index (χ4v) is 2.58. The van der Waals surface area contributed by atoms with Crippen molar-refractivity contribution in [3.05, 3.63) is 22.2 Å². The number of rotatable bonds is 3. The third kappa shape index (κ3) is 3.38. The Morgan fingerprint density at radius 1 is 1.25 bits per heavy atom.